The first-order chi connectivity index (χ1) is 35.8. The number of halogens is 2. The summed E-state index contributed by atoms with van der Waals surface area (Å²) in [6, 6.07) is 11.0. The molecule has 6 aliphatic rings. The van der Waals surface area contributed by atoms with Crippen LogP contribution in [0, 0.1) is 33.5 Å². The maximum Gasteiger partial charge on any atom is 0.328 e. The van der Waals surface area contributed by atoms with E-state index < -0.39 is 57.8 Å². The van der Waals surface area contributed by atoms with Crippen molar-refractivity contribution < 1.29 is 47.8 Å². The molecule has 2 N–H and O–H groups in total. The van der Waals surface area contributed by atoms with Crippen molar-refractivity contribution >= 4 is 82.0 Å². The van der Waals surface area contributed by atoms with E-state index in [1.165, 1.54) is 36.9 Å². The number of hydrogen-bond donors (Lipinski definition) is 2. The molecule has 2 spiro atoms. The largest absolute Gasteiger partial charge is 0.467 e. The van der Waals surface area contributed by atoms with Gasteiger partial charge in [0.25, 0.3) is 0 Å². The number of carbonyl (C=O) groups excluding carboxylic acids is 8. The first-order valence-electron chi connectivity index (χ1n) is 27.3. The van der Waals surface area contributed by atoms with Crippen molar-refractivity contribution in [2.75, 3.05) is 50.2 Å². The highest BCUT2D eigenvalue weighted by molar-refractivity contribution is 6.31. The molecule has 0 unspecified atom stereocenters. The van der Waals surface area contributed by atoms with Crippen LogP contribution in [0.5, 0.6) is 0 Å². The van der Waals surface area contributed by atoms with Crippen LogP contribution < -0.4 is 20.4 Å². The van der Waals surface area contributed by atoms with Crippen LogP contribution in [0.3, 0.4) is 0 Å². The number of likely N-dealkylation sites (tertiary alicyclic amines) is 2. The third-order valence-corrected chi connectivity index (χ3v) is 17.1. The van der Waals surface area contributed by atoms with Crippen molar-refractivity contribution in [1.82, 2.24) is 20.4 Å². The van der Waals surface area contributed by atoms with E-state index in [0.29, 0.717) is 72.0 Å². The predicted molar refractivity (Wildman–Crippen MR) is 298 cm³/mol. The van der Waals surface area contributed by atoms with Crippen LogP contribution in [0.15, 0.2) is 48.5 Å². The standard InChI is InChI=1S/2C29H40ClN3O5.CH4/c2*1-28(2,3)25(31-23(34)13-19-9-6-5-7-10-19)26(36)33-18-29(15-22(33)27(37)38-4)16-24(35)32(17-29)21-12-8-11-20(30)14-21;/h2*8,11-12,14,19,22,25H,5-7,9-10,13,15-18H2,1-4H3,(H,31,34);1H4/t22-,25+,29+;22-,25+,29-;/m00./s1. The maximum atomic E-state index is 14.1. The van der Waals surface area contributed by atoms with E-state index in [9.17, 15) is 38.4 Å². The predicted octanol–water partition coefficient (Wildman–Crippen LogP) is 9.31. The van der Waals surface area contributed by atoms with Crippen LogP contribution in [0.25, 0.3) is 0 Å². The SMILES string of the molecule is C.COC(=O)[C@@H]1C[C@@]2(CC(=O)N(c3cccc(Cl)c3)C2)CN1C(=O)[C@@H](NC(=O)CC1CCCCC1)C(C)(C)C.COC(=O)[C@@H]1C[C@]2(CC(=O)N(c3cccc(Cl)c3)C2)CN1C(=O)[C@@H](NC(=O)CC1CCCCC1)C(C)(C)C. The zero-order chi connectivity index (χ0) is 55.3. The maximum absolute atomic E-state index is 14.1. The highest BCUT2D eigenvalue weighted by atomic mass is 35.5. The van der Waals surface area contributed by atoms with Crippen LogP contribution in [-0.2, 0) is 47.8 Å². The van der Waals surface area contributed by atoms with Crippen LogP contribution in [0.2, 0.25) is 10.0 Å². The molecule has 4 heterocycles. The Balaban J connectivity index is 0.000000246. The van der Waals surface area contributed by atoms with Crippen LogP contribution in [-0.4, -0.2) is 122 Å². The fourth-order valence-corrected chi connectivity index (χ4v) is 13.0. The van der Waals surface area contributed by atoms with Crippen molar-refractivity contribution in [3.8, 4) is 0 Å². The topological polar surface area (TPSA) is 192 Å². The second-order valence-electron chi connectivity index (χ2n) is 24.8. The number of benzene rings is 2. The molecule has 2 saturated carbocycles. The summed E-state index contributed by atoms with van der Waals surface area (Å²) in [6.45, 7) is 12.7. The van der Waals surface area contributed by atoms with Gasteiger partial charge in [0.1, 0.15) is 24.2 Å². The summed E-state index contributed by atoms with van der Waals surface area (Å²) in [7, 11) is 2.61. The molecule has 77 heavy (non-hydrogen) atoms. The fraction of sp³-hybridized carbons (Fsp3) is 0.661. The van der Waals surface area contributed by atoms with Gasteiger partial charge in [0.2, 0.25) is 35.4 Å². The Morgan fingerprint density at radius 3 is 1.25 bits per heavy atom. The minimum absolute atomic E-state index is 0. The van der Waals surface area contributed by atoms with Gasteiger partial charge in [-0.2, -0.15) is 0 Å². The van der Waals surface area contributed by atoms with E-state index in [1.54, 1.807) is 46.2 Å². The molecular formula is C59H84Cl2N6O10. The van der Waals surface area contributed by atoms with E-state index in [0.717, 1.165) is 51.4 Å². The number of ether oxygens (including phenoxy) is 2. The van der Waals surface area contributed by atoms with Crippen LogP contribution in [0.1, 0.15) is 152 Å². The second kappa shape index (κ2) is 25.3. The highest BCUT2D eigenvalue weighted by Gasteiger charge is 2.58. The molecule has 424 valence electrons. The third-order valence-electron chi connectivity index (χ3n) is 16.6. The molecule has 0 aromatic heterocycles. The molecule has 4 saturated heterocycles. The molecule has 0 radical (unpaired) electrons. The van der Waals surface area contributed by atoms with Gasteiger partial charge in [-0.3, -0.25) is 28.8 Å². The zero-order valence-electron chi connectivity index (χ0n) is 45.9. The Bertz CT molecular complexity index is 2330. The first-order valence-corrected chi connectivity index (χ1v) is 28.1. The number of methoxy groups -OCH3 is 2. The quantitative estimate of drug-likeness (QED) is 0.194. The molecule has 16 nitrogen and oxygen atoms in total. The van der Waals surface area contributed by atoms with Crippen LogP contribution in [0.4, 0.5) is 11.4 Å². The van der Waals surface area contributed by atoms with Gasteiger partial charge in [-0.15, -0.1) is 0 Å². The number of hydrogen-bond acceptors (Lipinski definition) is 10. The summed E-state index contributed by atoms with van der Waals surface area (Å²) in [5.41, 5.74) is -0.949. The van der Waals surface area contributed by atoms with Crippen molar-refractivity contribution in [3.05, 3.63) is 58.6 Å². The summed E-state index contributed by atoms with van der Waals surface area (Å²) in [5.74, 6) is -1.34. The van der Waals surface area contributed by atoms with Gasteiger partial charge >= 0.3 is 11.9 Å². The summed E-state index contributed by atoms with van der Waals surface area (Å²) in [5, 5.41) is 7.09. The summed E-state index contributed by atoms with van der Waals surface area (Å²) < 4.78 is 10.2. The Kier molecular flexibility index (Phi) is 20.0. The second-order valence-corrected chi connectivity index (χ2v) is 25.7. The normalized spacial score (nSPS) is 24.8. The zero-order valence-corrected chi connectivity index (χ0v) is 47.4. The molecule has 4 aliphatic heterocycles. The molecule has 18 heteroatoms. The fourth-order valence-electron chi connectivity index (χ4n) is 12.7. The summed E-state index contributed by atoms with van der Waals surface area (Å²) in [4.78, 5) is 113. The lowest BCUT2D eigenvalue weighted by Gasteiger charge is -2.36. The number of amides is 6. The molecule has 6 atom stereocenters. The van der Waals surface area contributed by atoms with Gasteiger partial charge in [-0.25, -0.2) is 9.59 Å². The van der Waals surface area contributed by atoms with E-state index in [2.05, 4.69) is 10.6 Å². The Morgan fingerprint density at radius 2 is 0.935 bits per heavy atom. The molecule has 6 amide bonds. The summed E-state index contributed by atoms with van der Waals surface area (Å²) in [6.07, 6.45) is 13.0. The van der Waals surface area contributed by atoms with E-state index in [-0.39, 0.29) is 68.8 Å². The van der Waals surface area contributed by atoms with Gasteiger partial charge in [-0.1, -0.05) is 123 Å². The number of rotatable bonds is 12. The Hall–Kier alpha value is -5.22. The average molecular weight is 1110 g/mol. The number of nitrogens with one attached hydrogen (secondary N) is 2. The van der Waals surface area contributed by atoms with Crippen molar-refractivity contribution in [3.63, 3.8) is 0 Å². The van der Waals surface area contributed by atoms with Crippen molar-refractivity contribution in [1.29, 1.82) is 0 Å². The van der Waals surface area contributed by atoms with Crippen LogP contribution >= 0.6 is 23.2 Å². The molecule has 2 aliphatic carbocycles. The number of carbonyl (C=O) groups is 8. The lowest BCUT2D eigenvalue weighted by atomic mass is 9.84. The smallest absolute Gasteiger partial charge is 0.328 e. The average Bonchev–Trinajstić information content (AvgIpc) is 4.14. The molecule has 2 aromatic carbocycles. The minimum atomic E-state index is -0.820. The lowest BCUT2D eigenvalue weighted by molar-refractivity contribution is -0.153. The van der Waals surface area contributed by atoms with E-state index >= 15 is 0 Å². The van der Waals surface area contributed by atoms with Gasteiger partial charge in [0.15, 0.2) is 0 Å². The van der Waals surface area contributed by atoms with Crippen molar-refractivity contribution in [2.45, 2.75) is 176 Å². The Labute approximate surface area is 466 Å². The molecular weight excluding hydrogens is 1020 g/mol. The van der Waals surface area contributed by atoms with E-state index in [4.69, 9.17) is 32.7 Å². The van der Waals surface area contributed by atoms with Crippen molar-refractivity contribution in [2.24, 2.45) is 33.5 Å². The minimum Gasteiger partial charge on any atom is -0.467 e. The number of esters is 2. The molecule has 6 fully saturated rings. The molecule has 0 bridgehead atoms. The van der Waals surface area contributed by atoms with Gasteiger partial charge in [-0.05, 0) is 97.6 Å². The number of anilines is 2. The summed E-state index contributed by atoms with van der Waals surface area (Å²) >= 11 is 12.3. The highest BCUT2D eigenvalue weighted by Crippen LogP contribution is 2.47. The third kappa shape index (κ3) is 14.7. The van der Waals surface area contributed by atoms with E-state index in [1.807, 2.05) is 53.7 Å². The molecule has 2 aromatic rings. The Morgan fingerprint density at radius 1 is 0.584 bits per heavy atom. The number of nitrogens with zero attached hydrogens (tertiary/aromatic N) is 4. The van der Waals surface area contributed by atoms with Gasteiger partial charge in [0.05, 0.1) is 14.2 Å². The monoisotopic (exact) mass is 1110 g/mol. The van der Waals surface area contributed by atoms with Gasteiger partial charge < -0.3 is 39.7 Å². The van der Waals surface area contributed by atoms with Gasteiger partial charge in [0, 0.05) is 84.1 Å². The molecule has 8 rings (SSSR count). The first kappa shape index (κ1) is 61.0. The lowest BCUT2D eigenvalue weighted by Crippen LogP contribution is -2.57.